The van der Waals surface area contributed by atoms with Gasteiger partial charge in [-0.15, -0.1) is 0 Å². The SMILES string of the molecule is CCC1(Cc2cccc(C(F)(F)F)c2)CCCCCN1. The first-order valence-corrected chi connectivity index (χ1v) is 7.36. The fraction of sp³-hybridized carbons (Fsp3) is 0.625. The molecule has 1 atom stereocenters. The zero-order chi connectivity index (χ0) is 14.6. The van der Waals surface area contributed by atoms with Gasteiger partial charge in [0.25, 0.3) is 0 Å². The summed E-state index contributed by atoms with van der Waals surface area (Å²) in [7, 11) is 0. The first-order valence-electron chi connectivity index (χ1n) is 7.36. The maximum atomic E-state index is 12.8. The molecular formula is C16H22F3N. The van der Waals surface area contributed by atoms with Crippen molar-refractivity contribution in [2.75, 3.05) is 6.54 Å². The van der Waals surface area contributed by atoms with E-state index in [0.29, 0.717) is 6.42 Å². The van der Waals surface area contributed by atoms with Gasteiger partial charge in [-0.1, -0.05) is 38.0 Å². The lowest BCUT2D eigenvalue weighted by atomic mass is 9.84. The lowest BCUT2D eigenvalue weighted by Crippen LogP contribution is -2.46. The van der Waals surface area contributed by atoms with Crippen molar-refractivity contribution in [2.45, 2.75) is 57.2 Å². The number of hydrogen-bond acceptors (Lipinski definition) is 1. The van der Waals surface area contributed by atoms with Gasteiger partial charge in [-0.3, -0.25) is 0 Å². The molecule has 1 aromatic carbocycles. The van der Waals surface area contributed by atoms with Crippen LogP contribution in [0.25, 0.3) is 0 Å². The molecule has 0 aliphatic carbocycles. The fourth-order valence-electron chi connectivity index (χ4n) is 3.03. The lowest BCUT2D eigenvalue weighted by molar-refractivity contribution is -0.137. The Morgan fingerprint density at radius 2 is 2.00 bits per heavy atom. The molecule has 1 N–H and O–H groups in total. The summed E-state index contributed by atoms with van der Waals surface area (Å²) in [5, 5.41) is 3.57. The summed E-state index contributed by atoms with van der Waals surface area (Å²) in [6.45, 7) is 3.08. The monoisotopic (exact) mass is 285 g/mol. The van der Waals surface area contributed by atoms with Crippen molar-refractivity contribution in [3.8, 4) is 0 Å². The van der Waals surface area contributed by atoms with Crippen LogP contribution in [-0.4, -0.2) is 12.1 Å². The molecule has 1 aliphatic rings. The first kappa shape index (κ1) is 15.4. The van der Waals surface area contributed by atoms with Crippen molar-refractivity contribution in [3.63, 3.8) is 0 Å². The van der Waals surface area contributed by atoms with Crippen LogP contribution in [0.5, 0.6) is 0 Å². The molecule has 2 rings (SSSR count). The number of hydrogen-bond donors (Lipinski definition) is 1. The number of benzene rings is 1. The molecule has 0 bridgehead atoms. The van der Waals surface area contributed by atoms with E-state index in [1.165, 1.54) is 18.6 Å². The van der Waals surface area contributed by atoms with E-state index in [9.17, 15) is 13.2 Å². The van der Waals surface area contributed by atoms with E-state index in [0.717, 1.165) is 43.9 Å². The number of rotatable bonds is 3. The quantitative estimate of drug-likeness (QED) is 0.858. The second-order valence-corrected chi connectivity index (χ2v) is 5.75. The van der Waals surface area contributed by atoms with Gasteiger partial charge in [0.15, 0.2) is 0 Å². The summed E-state index contributed by atoms with van der Waals surface area (Å²) < 4.78 is 38.3. The highest BCUT2D eigenvalue weighted by Crippen LogP contribution is 2.32. The highest BCUT2D eigenvalue weighted by atomic mass is 19.4. The van der Waals surface area contributed by atoms with Crippen LogP contribution >= 0.6 is 0 Å². The standard InChI is InChI=1S/C16H22F3N/c1-2-15(9-4-3-5-10-20-15)12-13-7-6-8-14(11-13)16(17,18)19/h6-8,11,20H,2-5,9-10,12H2,1H3. The molecule has 0 radical (unpaired) electrons. The lowest BCUT2D eigenvalue weighted by Gasteiger charge is -2.33. The smallest absolute Gasteiger partial charge is 0.311 e. The van der Waals surface area contributed by atoms with Crippen LogP contribution in [-0.2, 0) is 12.6 Å². The molecule has 0 amide bonds. The Labute approximate surface area is 118 Å². The molecular weight excluding hydrogens is 263 g/mol. The van der Waals surface area contributed by atoms with E-state index in [-0.39, 0.29) is 5.54 Å². The van der Waals surface area contributed by atoms with Crippen LogP contribution in [0.15, 0.2) is 24.3 Å². The average molecular weight is 285 g/mol. The van der Waals surface area contributed by atoms with Gasteiger partial charge in [0, 0.05) is 5.54 Å². The van der Waals surface area contributed by atoms with E-state index >= 15 is 0 Å². The Bertz CT molecular complexity index is 432. The Morgan fingerprint density at radius 1 is 1.20 bits per heavy atom. The summed E-state index contributed by atoms with van der Waals surface area (Å²) in [6, 6.07) is 5.75. The predicted molar refractivity (Wildman–Crippen MR) is 74.6 cm³/mol. The van der Waals surface area contributed by atoms with E-state index in [1.807, 2.05) is 0 Å². The zero-order valence-electron chi connectivity index (χ0n) is 11.9. The zero-order valence-corrected chi connectivity index (χ0v) is 11.9. The topological polar surface area (TPSA) is 12.0 Å². The number of nitrogens with one attached hydrogen (secondary N) is 1. The summed E-state index contributed by atoms with van der Waals surface area (Å²) in [5.74, 6) is 0. The van der Waals surface area contributed by atoms with Crippen molar-refractivity contribution >= 4 is 0 Å². The third-order valence-corrected chi connectivity index (χ3v) is 4.31. The molecule has 1 aromatic rings. The van der Waals surface area contributed by atoms with E-state index in [4.69, 9.17) is 0 Å². The minimum Gasteiger partial charge on any atom is -0.311 e. The van der Waals surface area contributed by atoms with Gasteiger partial charge in [0.2, 0.25) is 0 Å². The van der Waals surface area contributed by atoms with Crippen LogP contribution in [0.3, 0.4) is 0 Å². The highest BCUT2D eigenvalue weighted by molar-refractivity contribution is 5.27. The van der Waals surface area contributed by atoms with Crippen molar-refractivity contribution in [2.24, 2.45) is 0 Å². The normalized spacial score (nSPS) is 24.4. The minimum absolute atomic E-state index is 0.0410. The molecule has 20 heavy (non-hydrogen) atoms. The molecule has 1 saturated heterocycles. The molecule has 0 spiro atoms. The summed E-state index contributed by atoms with van der Waals surface area (Å²) >= 11 is 0. The highest BCUT2D eigenvalue weighted by Gasteiger charge is 2.32. The van der Waals surface area contributed by atoms with Crippen molar-refractivity contribution in [3.05, 3.63) is 35.4 Å². The van der Waals surface area contributed by atoms with Gasteiger partial charge in [-0.25, -0.2) is 0 Å². The van der Waals surface area contributed by atoms with Crippen LogP contribution in [0.2, 0.25) is 0 Å². The van der Waals surface area contributed by atoms with Crippen LogP contribution < -0.4 is 5.32 Å². The maximum Gasteiger partial charge on any atom is 0.416 e. The largest absolute Gasteiger partial charge is 0.416 e. The second kappa shape index (κ2) is 6.17. The third kappa shape index (κ3) is 3.75. The van der Waals surface area contributed by atoms with Gasteiger partial charge < -0.3 is 5.32 Å². The predicted octanol–water partition coefficient (Wildman–Crippen LogP) is 4.56. The number of alkyl halides is 3. The van der Waals surface area contributed by atoms with Gasteiger partial charge in [-0.05, 0) is 43.9 Å². The molecule has 1 nitrogen and oxygen atoms in total. The van der Waals surface area contributed by atoms with E-state index in [1.54, 1.807) is 6.07 Å². The molecule has 0 aromatic heterocycles. The van der Waals surface area contributed by atoms with Gasteiger partial charge >= 0.3 is 6.18 Å². The van der Waals surface area contributed by atoms with Crippen LogP contribution in [0.4, 0.5) is 13.2 Å². The summed E-state index contributed by atoms with van der Waals surface area (Å²) in [4.78, 5) is 0. The third-order valence-electron chi connectivity index (χ3n) is 4.31. The molecule has 1 fully saturated rings. The molecule has 1 heterocycles. The van der Waals surface area contributed by atoms with Crippen LogP contribution in [0, 0.1) is 0 Å². The second-order valence-electron chi connectivity index (χ2n) is 5.75. The van der Waals surface area contributed by atoms with Crippen molar-refractivity contribution in [1.29, 1.82) is 0 Å². The minimum atomic E-state index is -4.26. The summed E-state index contributed by atoms with van der Waals surface area (Å²) in [6.07, 6.45) is 1.92. The number of halogens is 3. The molecule has 4 heteroatoms. The fourth-order valence-corrected chi connectivity index (χ4v) is 3.03. The average Bonchev–Trinajstić information content (AvgIpc) is 2.64. The van der Waals surface area contributed by atoms with E-state index in [2.05, 4.69) is 12.2 Å². The van der Waals surface area contributed by atoms with Crippen molar-refractivity contribution in [1.82, 2.24) is 5.32 Å². The molecule has 1 aliphatic heterocycles. The first-order chi connectivity index (χ1) is 9.45. The van der Waals surface area contributed by atoms with Crippen molar-refractivity contribution < 1.29 is 13.2 Å². The maximum absolute atomic E-state index is 12.8. The summed E-state index contributed by atoms with van der Waals surface area (Å²) in [5.41, 5.74) is 0.187. The van der Waals surface area contributed by atoms with Crippen LogP contribution in [0.1, 0.15) is 50.2 Å². The van der Waals surface area contributed by atoms with E-state index < -0.39 is 11.7 Å². The van der Waals surface area contributed by atoms with Gasteiger partial charge in [0.05, 0.1) is 5.56 Å². The Kier molecular flexibility index (Phi) is 4.74. The molecule has 0 saturated carbocycles. The van der Waals surface area contributed by atoms with Gasteiger partial charge in [0.1, 0.15) is 0 Å². The molecule has 1 unspecified atom stereocenters. The Hall–Kier alpha value is -1.03. The molecule has 112 valence electrons. The Balaban J connectivity index is 2.19. The Morgan fingerprint density at radius 3 is 2.70 bits per heavy atom. The van der Waals surface area contributed by atoms with Gasteiger partial charge in [-0.2, -0.15) is 13.2 Å².